The summed E-state index contributed by atoms with van der Waals surface area (Å²) in [6.45, 7) is 5.61. The molecule has 1 aromatic heterocycles. The molecule has 7 heteroatoms. The summed E-state index contributed by atoms with van der Waals surface area (Å²) in [6, 6.07) is 3.26. The molecule has 0 radical (unpaired) electrons. The summed E-state index contributed by atoms with van der Waals surface area (Å²) < 4.78 is 15.8. The van der Waals surface area contributed by atoms with Gasteiger partial charge < -0.3 is 18.8 Å². The highest BCUT2D eigenvalue weighted by Gasteiger charge is 2.24. The lowest BCUT2D eigenvalue weighted by atomic mass is 10.1. The van der Waals surface area contributed by atoms with Crippen LogP contribution >= 0.6 is 15.9 Å². The van der Waals surface area contributed by atoms with Crippen molar-refractivity contribution < 1.29 is 23.5 Å². The smallest absolute Gasteiger partial charge is 0.310 e. The molecule has 1 unspecified atom stereocenters. The zero-order valence-electron chi connectivity index (χ0n) is 13.1. The van der Waals surface area contributed by atoms with Crippen molar-refractivity contribution in [3.05, 3.63) is 22.6 Å². The molecule has 0 aliphatic heterocycles. The van der Waals surface area contributed by atoms with E-state index in [1.165, 1.54) is 7.11 Å². The highest BCUT2D eigenvalue weighted by atomic mass is 79.9. The van der Waals surface area contributed by atoms with Crippen LogP contribution in [0.5, 0.6) is 0 Å². The third kappa shape index (κ3) is 5.81. The fraction of sp³-hybridized carbons (Fsp3) is 0.600. The first-order valence-corrected chi connectivity index (χ1v) is 7.99. The fourth-order valence-corrected chi connectivity index (χ4v) is 2.28. The lowest BCUT2D eigenvalue weighted by Crippen LogP contribution is -2.38. The number of furan rings is 1. The Bertz CT molecular complexity index is 488. The van der Waals surface area contributed by atoms with Crippen molar-refractivity contribution in [3.8, 4) is 0 Å². The zero-order chi connectivity index (χ0) is 16.5. The molecule has 1 aromatic rings. The van der Waals surface area contributed by atoms with Gasteiger partial charge >= 0.3 is 5.97 Å². The van der Waals surface area contributed by atoms with E-state index < -0.39 is 5.92 Å². The number of halogens is 1. The van der Waals surface area contributed by atoms with Gasteiger partial charge in [-0.2, -0.15) is 0 Å². The number of nitrogens with zero attached hydrogens (tertiary/aromatic N) is 1. The Morgan fingerprint density at radius 3 is 2.68 bits per heavy atom. The Morgan fingerprint density at radius 2 is 2.14 bits per heavy atom. The second kappa shape index (κ2) is 9.63. The minimum Gasteiger partial charge on any atom is -0.469 e. The molecular weight excluding hydrogens is 354 g/mol. The highest BCUT2D eigenvalue weighted by molar-refractivity contribution is 9.10. The van der Waals surface area contributed by atoms with E-state index in [0.29, 0.717) is 30.8 Å². The topological polar surface area (TPSA) is 69.0 Å². The Balaban J connectivity index is 2.72. The van der Waals surface area contributed by atoms with Crippen LogP contribution in [0.3, 0.4) is 0 Å². The molecule has 1 heterocycles. The molecule has 1 rings (SSSR count). The molecule has 0 spiro atoms. The van der Waals surface area contributed by atoms with Gasteiger partial charge in [0.15, 0.2) is 10.4 Å². The molecule has 1 atom stereocenters. The van der Waals surface area contributed by atoms with Gasteiger partial charge in [-0.3, -0.25) is 9.59 Å². The molecule has 0 aliphatic carbocycles. The van der Waals surface area contributed by atoms with Gasteiger partial charge in [-0.25, -0.2) is 0 Å². The average molecular weight is 376 g/mol. The van der Waals surface area contributed by atoms with E-state index in [1.54, 1.807) is 24.0 Å². The van der Waals surface area contributed by atoms with Crippen molar-refractivity contribution in [2.45, 2.75) is 20.3 Å². The highest BCUT2D eigenvalue weighted by Crippen LogP contribution is 2.17. The van der Waals surface area contributed by atoms with Crippen LogP contribution in [0.4, 0.5) is 0 Å². The average Bonchev–Trinajstić information content (AvgIpc) is 2.95. The van der Waals surface area contributed by atoms with Gasteiger partial charge in [-0.1, -0.05) is 6.92 Å². The predicted molar refractivity (Wildman–Crippen MR) is 84.6 cm³/mol. The maximum atomic E-state index is 12.5. The number of rotatable bonds is 9. The lowest BCUT2D eigenvalue weighted by molar-refractivity contribution is -0.145. The van der Waals surface area contributed by atoms with Crippen molar-refractivity contribution in [3.63, 3.8) is 0 Å². The Kier molecular flexibility index (Phi) is 8.19. The third-order valence-electron chi connectivity index (χ3n) is 3.09. The van der Waals surface area contributed by atoms with E-state index in [0.717, 1.165) is 0 Å². The number of methoxy groups -OCH3 is 1. The van der Waals surface area contributed by atoms with E-state index in [1.807, 2.05) is 6.92 Å². The summed E-state index contributed by atoms with van der Waals surface area (Å²) in [5, 5.41) is 0. The summed E-state index contributed by atoms with van der Waals surface area (Å²) in [4.78, 5) is 25.6. The number of carbonyl (C=O) groups excluding carboxylic acids is 2. The molecule has 0 fully saturated rings. The van der Waals surface area contributed by atoms with E-state index >= 15 is 0 Å². The van der Waals surface area contributed by atoms with Crippen LogP contribution in [0.25, 0.3) is 0 Å². The minimum absolute atomic E-state index is 0.236. The van der Waals surface area contributed by atoms with E-state index in [4.69, 9.17) is 13.9 Å². The van der Waals surface area contributed by atoms with Gasteiger partial charge in [-0.05, 0) is 41.4 Å². The van der Waals surface area contributed by atoms with Crippen molar-refractivity contribution in [1.29, 1.82) is 0 Å². The van der Waals surface area contributed by atoms with Crippen LogP contribution < -0.4 is 0 Å². The first-order chi connectivity index (χ1) is 10.5. The SMILES string of the molecule is CCOCCCN(CC(C)C(=O)OC)C(=O)c1ccc(Br)o1. The Hall–Kier alpha value is -1.34. The van der Waals surface area contributed by atoms with Gasteiger partial charge in [0.25, 0.3) is 5.91 Å². The first-order valence-electron chi connectivity index (χ1n) is 7.19. The molecule has 0 aromatic carbocycles. The molecule has 0 N–H and O–H groups in total. The number of carbonyl (C=O) groups is 2. The maximum Gasteiger partial charge on any atom is 0.310 e. The molecule has 0 saturated carbocycles. The van der Waals surface area contributed by atoms with E-state index in [2.05, 4.69) is 15.9 Å². The second-order valence-corrected chi connectivity index (χ2v) is 5.61. The number of hydrogen-bond donors (Lipinski definition) is 0. The number of ether oxygens (including phenoxy) is 2. The molecule has 1 amide bonds. The van der Waals surface area contributed by atoms with E-state index in [-0.39, 0.29) is 24.2 Å². The van der Waals surface area contributed by atoms with Crippen LogP contribution in [0.15, 0.2) is 21.2 Å². The van der Waals surface area contributed by atoms with Gasteiger partial charge in [0.2, 0.25) is 0 Å². The van der Waals surface area contributed by atoms with Crippen molar-refractivity contribution in [2.75, 3.05) is 33.4 Å². The fourth-order valence-electron chi connectivity index (χ4n) is 1.97. The van der Waals surface area contributed by atoms with Crippen molar-refractivity contribution >= 4 is 27.8 Å². The van der Waals surface area contributed by atoms with Gasteiger partial charge in [0.1, 0.15) is 0 Å². The maximum absolute atomic E-state index is 12.5. The predicted octanol–water partition coefficient (Wildman–Crippen LogP) is 2.72. The monoisotopic (exact) mass is 375 g/mol. The molecule has 0 aliphatic rings. The summed E-state index contributed by atoms with van der Waals surface area (Å²) in [6.07, 6.45) is 0.690. The normalized spacial score (nSPS) is 12.0. The standard InChI is InChI=1S/C15H22BrNO5/c1-4-21-9-5-8-17(10-11(2)15(19)20-3)14(18)12-6-7-13(16)22-12/h6-7,11H,4-5,8-10H2,1-3H3. The van der Waals surface area contributed by atoms with Crippen LogP contribution in [0.1, 0.15) is 30.8 Å². The number of amides is 1. The van der Waals surface area contributed by atoms with Crippen molar-refractivity contribution in [2.24, 2.45) is 5.92 Å². The third-order valence-corrected chi connectivity index (χ3v) is 3.52. The van der Waals surface area contributed by atoms with Crippen LogP contribution in [0.2, 0.25) is 0 Å². The zero-order valence-corrected chi connectivity index (χ0v) is 14.7. The molecule has 0 bridgehead atoms. The second-order valence-electron chi connectivity index (χ2n) is 4.83. The largest absolute Gasteiger partial charge is 0.469 e. The van der Waals surface area contributed by atoms with Gasteiger partial charge in [-0.15, -0.1) is 0 Å². The molecule has 22 heavy (non-hydrogen) atoms. The Morgan fingerprint density at radius 1 is 1.41 bits per heavy atom. The Labute approximate surface area is 138 Å². The van der Waals surface area contributed by atoms with Crippen molar-refractivity contribution in [1.82, 2.24) is 4.90 Å². The number of esters is 1. The molecule has 6 nitrogen and oxygen atoms in total. The quantitative estimate of drug-likeness (QED) is 0.490. The van der Waals surface area contributed by atoms with Gasteiger partial charge in [0.05, 0.1) is 13.0 Å². The molecule has 124 valence electrons. The summed E-state index contributed by atoms with van der Waals surface area (Å²) in [5.74, 6) is -0.763. The van der Waals surface area contributed by atoms with Gasteiger partial charge in [0, 0.05) is 26.3 Å². The summed E-state index contributed by atoms with van der Waals surface area (Å²) in [7, 11) is 1.34. The first kappa shape index (κ1) is 18.7. The molecule has 0 saturated heterocycles. The van der Waals surface area contributed by atoms with Crippen LogP contribution in [-0.2, 0) is 14.3 Å². The summed E-state index contributed by atoms with van der Waals surface area (Å²) in [5.41, 5.74) is 0. The summed E-state index contributed by atoms with van der Waals surface area (Å²) >= 11 is 3.18. The lowest BCUT2D eigenvalue weighted by Gasteiger charge is -2.24. The minimum atomic E-state index is -0.403. The molecular formula is C15H22BrNO5. The van der Waals surface area contributed by atoms with Crippen LogP contribution in [0, 0.1) is 5.92 Å². The van der Waals surface area contributed by atoms with Crippen LogP contribution in [-0.4, -0.2) is 50.2 Å². The number of hydrogen-bond acceptors (Lipinski definition) is 5. The van der Waals surface area contributed by atoms with E-state index in [9.17, 15) is 9.59 Å².